The van der Waals surface area contributed by atoms with Crippen LogP contribution in [0.4, 0.5) is 15.0 Å². The Hall–Kier alpha value is -3.99. The van der Waals surface area contributed by atoms with E-state index in [0.29, 0.717) is 28.2 Å². The molecule has 0 radical (unpaired) electrons. The Morgan fingerprint density at radius 1 is 1.03 bits per heavy atom. The zero-order valence-electron chi connectivity index (χ0n) is 23.8. The van der Waals surface area contributed by atoms with Gasteiger partial charge in [0.1, 0.15) is 34.2 Å². The molecule has 4 rings (SSSR count). The zero-order chi connectivity index (χ0) is 29.0. The number of ether oxygens (including phenoxy) is 2. The SMILES string of the molecule is CN(C(=O)OC(C)(C)C)c1nc2c(cc(-c3cc(F)cc(C(N)C(=O)OC(C)(C)C)c3)n2C)c2c1ncn2C. The summed E-state index contributed by atoms with van der Waals surface area (Å²) in [7, 11) is 5.22. The van der Waals surface area contributed by atoms with E-state index in [1.54, 1.807) is 72.6 Å². The molecular weight excluding hydrogens is 503 g/mol. The second-order valence-corrected chi connectivity index (χ2v) is 11.6. The number of aryl methyl sites for hydroxylation is 2. The summed E-state index contributed by atoms with van der Waals surface area (Å²) in [4.78, 5) is 36.1. The number of aromatic nitrogens is 4. The molecule has 0 aliphatic carbocycles. The van der Waals surface area contributed by atoms with Crippen molar-refractivity contribution in [3.05, 3.63) is 42.0 Å². The van der Waals surface area contributed by atoms with Crippen molar-refractivity contribution in [2.45, 2.75) is 58.8 Å². The number of amides is 1. The van der Waals surface area contributed by atoms with E-state index in [4.69, 9.17) is 20.2 Å². The van der Waals surface area contributed by atoms with Gasteiger partial charge in [0.25, 0.3) is 0 Å². The molecule has 1 amide bonds. The lowest BCUT2D eigenvalue weighted by Crippen LogP contribution is -2.34. The van der Waals surface area contributed by atoms with Crippen LogP contribution in [0.5, 0.6) is 0 Å². The van der Waals surface area contributed by atoms with Crippen molar-refractivity contribution in [1.29, 1.82) is 0 Å². The van der Waals surface area contributed by atoms with Crippen LogP contribution < -0.4 is 10.6 Å². The number of esters is 1. The second kappa shape index (κ2) is 9.64. The highest BCUT2D eigenvalue weighted by Crippen LogP contribution is 2.36. The van der Waals surface area contributed by atoms with E-state index in [2.05, 4.69) is 4.98 Å². The molecular formula is C28H35FN6O4. The molecule has 0 spiro atoms. The number of halogens is 1. The van der Waals surface area contributed by atoms with Crippen molar-refractivity contribution in [1.82, 2.24) is 19.1 Å². The van der Waals surface area contributed by atoms with Crippen LogP contribution >= 0.6 is 0 Å². The number of carbonyl (C=O) groups excluding carboxylic acids is 2. The average Bonchev–Trinajstić information content (AvgIpc) is 3.35. The van der Waals surface area contributed by atoms with E-state index < -0.39 is 35.1 Å². The zero-order valence-corrected chi connectivity index (χ0v) is 23.8. The molecule has 3 heterocycles. The molecule has 1 unspecified atom stereocenters. The molecule has 2 N–H and O–H groups in total. The molecule has 0 fully saturated rings. The van der Waals surface area contributed by atoms with Gasteiger partial charge in [0, 0.05) is 32.1 Å². The van der Waals surface area contributed by atoms with Crippen LogP contribution in [0.3, 0.4) is 0 Å². The van der Waals surface area contributed by atoms with Crippen LogP contribution in [0.2, 0.25) is 0 Å². The Morgan fingerprint density at radius 2 is 1.67 bits per heavy atom. The highest BCUT2D eigenvalue weighted by molar-refractivity contribution is 6.10. The van der Waals surface area contributed by atoms with Crippen LogP contribution in [-0.2, 0) is 28.4 Å². The summed E-state index contributed by atoms with van der Waals surface area (Å²) in [5.41, 5.74) is 7.97. The lowest BCUT2D eigenvalue weighted by atomic mass is 10.0. The van der Waals surface area contributed by atoms with Gasteiger partial charge in [0.15, 0.2) is 5.82 Å². The Labute approximate surface area is 226 Å². The summed E-state index contributed by atoms with van der Waals surface area (Å²) >= 11 is 0. The Morgan fingerprint density at radius 3 is 2.28 bits per heavy atom. The summed E-state index contributed by atoms with van der Waals surface area (Å²) in [5.74, 6) is -0.869. The molecule has 0 saturated carbocycles. The van der Waals surface area contributed by atoms with E-state index in [1.807, 2.05) is 17.7 Å². The highest BCUT2D eigenvalue weighted by atomic mass is 19.1. The minimum atomic E-state index is -1.16. The van der Waals surface area contributed by atoms with E-state index in [9.17, 15) is 14.0 Å². The number of anilines is 1. The fourth-order valence-electron chi connectivity index (χ4n) is 4.34. The number of hydrogen-bond donors (Lipinski definition) is 1. The van der Waals surface area contributed by atoms with Gasteiger partial charge in [0.05, 0.1) is 17.5 Å². The standard InChI is InChI=1S/C28H35FN6O4/c1-27(2,3)38-25(36)20(30)16-10-15(11-17(29)12-16)19-13-18-22-21(31-14-33(22)7)24(32-23(18)34(19)8)35(9)26(37)39-28(4,5)6/h10-14,20H,30H2,1-9H3. The molecule has 3 aromatic heterocycles. The summed E-state index contributed by atoms with van der Waals surface area (Å²) in [6, 6.07) is 4.98. The predicted molar refractivity (Wildman–Crippen MR) is 148 cm³/mol. The van der Waals surface area contributed by atoms with Crippen molar-refractivity contribution in [3.63, 3.8) is 0 Å². The van der Waals surface area contributed by atoms with E-state index in [1.165, 1.54) is 17.0 Å². The number of pyridine rings is 1. The first kappa shape index (κ1) is 28.0. The first-order valence-electron chi connectivity index (χ1n) is 12.5. The third-order valence-electron chi connectivity index (χ3n) is 6.04. The Kier molecular flexibility index (Phi) is 6.93. The minimum absolute atomic E-state index is 0.286. The first-order valence-corrected chi connectivity index (χ1v) is 12.5. The molecule has 0 bridgehead atoms. The van der Waals surface area contributed by atoms with Crippen molar-refractivity contribution in [3.8, 4) is 11.3 Å². The van der Waals surface area contributed by atoms with Crippen molar-refractivity contribution in [2.75, 3.05) is 11.9 Å². The van der Waals surface area contributed by atoms with Gasteiger partial charge in [-0.3, -0.25) is 4.90 Å². The Bertz CT molecular complexity index is 1590. The highest BCUT2D eigenvalue weighted by Gasteiger charge is 2.27. The van der Waals surface area contributed by atoms with Crippen molar-refractivity contribution >= 4 is 39.9 Å². The maximum absolute atomic E-state index is 14.8. The number of nitrogens with two attached hydrogens (primary N) is 1. The van der Waals surface area contributed by atoms with Gasteiger partial charge in [-0.2, -0.15) is 0 Å². The average molecular weight is 539 g/mol. The van der Waals surface area contributed by atoms with Gasteiger partial charge in [-0.25, -0.2) is 23.9 Å². The van der Waals surface area contributed by atoms with Crippen LogP contribution in [0, 0.1) is 5.82 Å². The third-order valence-corrected chi connectivity index (χ3v) is 6.04. The first-order chi connectivity index (χ1) is 18.0. The number of imidazole rings is 1. The van der Waals surface area contributed by atoms with E-state index in [0.717, 1.165) is 10.9 Å². The molecule has 11 heteroatoms. The predicted octanol–water partition coefficient (Wildman–Crippen LogP) is 4.98. The molecule has 0 aliphatic heterocycles. The van der Waals surface area contributed by atoms with Gasteiger partial charge in [-0.05, 0) is 71.4 Å². The normalized spacial score (nSPS) is 13.1. The van der Waals surface area contributed by atoms with Crippen LogP contribution in [0.25, 0.3) is 33.3 Å². The van der Waals surface area contributed by atoms with Gasteiger partial charge in [-0.15, -0.1) is 0 Å². The van der Waals surface area contributed by atoms with Gasteiger partial charge in [-0.1, -0.05) is 0 Å². The minimum Gasteiger partial charge on any atom is -0.459 e. The number of carbonyl (C=O) groups is 2. The summed E-state index contributed by atoms with van der Waals surface area (Å²) in [5, 5.41) is 0.756. The van der Waals surface area contributed by atoms with Crippen LogP contribution in [0.1, 0.15) is 53.1 Å². The van der Waals surface area contributed by atoms with Crippen molar-refractivity contribution in [2.24, 2.45) is 19.8 Å². The Balaban J connectivity index is 1.85. The molecule has 39 heavy (non-hydrogen) atoms. The van der Waals surface area contributed by atoms with E-state index in [-0.39, 0.29) is 5.56 Å². The van der Waals surface area contributed by atoms with Crippen LogP contribution in [-0.4, -0.2) is 49.4 Å². The lowest BCUT2D eigenvalue weighted by Gasteiger charge is -2.24. The molecule has 1 aromatic carbocycles. The quantitative estimate of drug-likeness (QED) is 0.364. The summed E-state index contributed by atoms with van der Waals surface area (Å²) in [6.45, 7) is 10.6. The second-order valence-electron chi connectivity index (χ2n) is 11.6. The maximum atomic E-state index is 14.8. The maximum Gasteiger partial charge on any atom is 0.415 e. The fourth-order valence-corrected chi connectivity index (χ4v) is 4.34. The number of nitrogens with zero attached hydrogens (tertiary/aromatic N) is 5. The smallest absolute Gasteiger partial charge is 0.415 e. The molecule has 208 valence electrons. The fraction of sp³-hybridized carbons (Fsp3) is 0.429. The van der Waals surface area contributed by atoms with Gasteiger partial charge < -0.3 is 24.3 Å². The summed E-state index contributed by atoms with van der Waals surface area (Å²) in [6.07, 6.45) is 1.08. The molecule has 0 aliphatic rings. The van der Waals surface area contributed by atoms with Crippen molar-refractivity contribution < 1.29 is 23.5 Å². The summed E-state index contributed by atoms with van der Waals surface area (Å²) < 4.78 is 29.4. The topological polar surface area (TPSA) is 118 Å². The third kappa shape index (κ3) is 5.58. The van der Waals surface area contributed by atoms with Gasteiger partial charge in [0.2, 0.25) is 0 Å². The lowest BCUT2D eigenvalue weighted by molar-refractivity contribution is -0.156. The molecule has 0 saturated heterocycles. The number of rotatable bonds is 4. The molecule has 1 atom stereocenters. The van der Waals surface area contributed by atoms with E-state index >= 15 is 0 Å². The number of benzene rings is 1. The van der Waals surface area contributed by atoms with Crippen LogP contribution in [0.15, 0.2) is 30.6 Å². The monoisotopic (exact) mass is 538 g/mol. The molecule has 4 aromatic rings. The largest absolute Gasteiger partial charge is 0.459 e. The van der Waals surface area contributed by atoms with Gasteiger partial charge >= 0.3 is 12.1 Å². The molecule has 10 nitrogen and oxygen atoms in total. The number of fused-ring (bicyclic) bond motifs is 3. The number of hydrogen-bond acceptors (Lipinski definition) is 7.